The number of carboxylic acids is 1. The first-order chi connectivity index (χ1) is 9.86. The van der Waals surface area contributed by atoms with Gasteiger partial charge in [0.1, 0.15) is 5.56 Å². The van der Waals surface area contributed by atoms with Crippen LogP contribution in [0, 0.1) is 5.92 Å². The number of nitrogens with zero attached hydrogens (tertiary/aromatic N) is 2. The van der Waals surface area contributed by atoms with Gasteiger partial charge in [0.2, 0.25) is 0 Å². The second kappa shape index (κ2) is 5.91. The quantitative estimate of drug-likeness (QED) is 0.858. The first-order valence-electron chi connectivity index (χ1n) is 6.85. The Morgan fingerprint density at radius 2 is 2.14 bits per heavy atom. The van der Waals surface area contributed by atoms with Crippen molar-refractivity contribution in [2.24, 2.45) is 5.92 Å². The lowest BCUT2D eigenvalue weighted by atomic mass is 9.82. The SMILES string of the molecule is C=CC[C@@H]1CCCC[C@@H]1n1ncc(C(=O)O)c1C(F)(F)F. The van der Waals surface area contributed by atoms with E-state index < -0.39 is 29.4 Å². The van der Waals surface area contributed by atoms with Gasteiger partial charge < -0.3 is 5.11 Å². The van der Waals surface area contributed by atoms with Crippen LogP contribution < -0.4 is 0 Å². The molecule has 1 N–H and O–H groups in total. The number of rotatable bonds is 4. The molecule has 1 aliphatic carbocycles. The summed E-state index contributed by atoms with van der Waals surface area (Å²) in [6.45, 7) is 3.64. The Kier molecular flexibility index (Phi) is 4.39. The molecule has 1 aromatic rings. The van der Waals surface area contributed by atoms with Crippen LogP contribution in [0.25, 0.3) is 0 Å². The summed E-state index contributed by atoms with van der Waals surface area (Å²) in [6.07, 6.45) is 1.51. The van der Waals surface area contributed by atoms with E-state index in [2.05, 4.69) is 11.7 Å². The van der Waals surface area contributed by atoms with E-state index in [0.717, 1.165) is 30.1 Å². The monoisotopic (exact) mass is 302 g/mol. The van der Waals surface area contributed by atoms with Gasteiger partial charge in [0.25, 0.3) is 0 Å². The van der Waals surface area contributed by atoms with Crippen LogP contribution >= 0.6 is 0 Å². The fourth-order valence-corrected chi connectivity index (χ4v) is 3.05. The summed E-state index contributed by atoms with van der Waals surface area (Å²) in [7, 11) is 0. The summed E-state index contributed by atoms with van der Waals surface area (Å²) in [5.41, 5.74) is -1.94. The fourth-order valence-electron chi connectivity index (χ4n) is 3.05. The highest BCUT2D eigenvalue weighted by molar-refractivity contribution is 5.88. The molecule has 0 radical (unpaired) electrons. The molecule has 1 heterocycles. The minimum atomic E-state index is -4.74. The predicted octanol–water partition coefficient (Wildman–Crippen LogP) is 3.91. The Morgan fingerprint density at radius 1 is 1.48 bits per heavy atom. The summed E-state index contributed by atoms with van der Waals surface area (Å²) in [4.78, 5) is 11.0. The molecule has 1 aliphatic rings. The smallest absolute Gasteiger partial charge is 0.433 e. The maximum atomic E-state index is 13.2. The Hall–Kier alpha value is -1.79. The molecular weight excluding hydrogens is 285 g/mol. The lowest BCUT2D eigenvalue weighted by Gasteiger charge is -2.32. The third-order valence-electron chi connectivity index (χ3n) is 3.95. The van der Waals surface area contributed by atoms with Gasteiger partial charge in [-0.05, 0) is 25.2 Å². The van der Waals surface area contributed by atoms with E-state index in [0.29, 0.717) is 12.8 Å². The van der Waals surface area contributed by atoms with Crippen molar-refractivity contribution in [1.29, 1.82) is 0 Å². The Morgan fingerprint density at radius 3 is 2.71 bits per heavy atom. The minimum Gasteiger partial charge on any atom is -0.478 e. The number of carboxylic acid groups (broad SMARTS) is 1. The summed E-state index contributed by atoms with van der Waals surface area (Å²) < 4.78 is 40.6. The van der Waals surface area contributed by atoms with E-state index in [1.165, 1.54) is 0 Å². The molecule has 2 rings (SSSR count). The summed E-state index contributed by atoms with van der Waals surface area (Å²) in [6, 6.07) is -0.429. The number of alkyl halides is 3. The maximum Gasteiger partial charge on any atom is 0.433 e. The highest BCUT2D eigenvalue weighted by Crippen LogP contribution is 2.41. The third kappa shape index (κ3) is 3.11. The topological polar surface area (TPSA) is 55.1 Å². The largest absolute Gasteiger partial charge is 0.478 e. The van der Waals surface area contributed by atoms with E-state index in [4.69, 9.17) is 5.11 Å². The minimum absolute atomic E-state index is 0.0129. The molecule has 0 bridgehead atoms. The van der Waals surface area contributed by atoms with Crippen molar-refractivity contribution < 1.29 is 23.1 Å². The zero-order valence-corrected chi connectivity index (χ0v) is 11.4. The number of allylic oxidation sites excluding steroid dienone is 1. The average Bonchev–Trinajstić information content (AvgIpc) is 2.84. The molecule has 1 fully saturated rings. The van der Waals surface area contributed by atoms with E-state index in [9.17, 15) is 18.0 Å². The van der Waals surface area contributed by atoms with Crippen LogP contribution in [0.2, 0.25) is 0 Å². The molecule has 0 aliphatic heterocycles. The van der Waals surface area contributed by atoms with Gasteiger partial charge in [0.05, 0.1) is 12.2 Å². The van der Waals surface area contributed by atoms with Crippen LogP contribution in [-0.4, -0.2) is 20.9 Å². The van der Waals surface area contributed by atoms with Crippen molar-refractivity contribution >= 4 is 5.97 Å². The molecule has 2 atom stereocenters. The molecule has 4 nitrogen and oxygen atoms in total. The van der Waals surface area contributed by atoms with Gasteiger partial charge in [-0.3, -0.25) is 4.68 Å². The second-order valence-electron chi connectivity index (χ2n) is 5.29. The lowest BCUT2D eigenvalue weighted by Crippen LogP contribution is -2.28. The van der Waals surface area contributed by atoms with Crippen molar-refractivity contribution in [2.45, 2.75) is 44.3 Å². The number of hydrogen-bond donors (Lipinski definition) is 1. The Bertz CT molecular complexity index is 537. The molecule has 0 amide bonds. The van der Waals surface area contributed by atoms with Crippen LogP contribution in [0.3, 0.4) is 0 Å². The molecule has 0 saturated heterocycles. The predicted molar refractivity (Wildman–Crippen MR) is 70.0 cm³/mol. The maximum absolute atomic E-state index is 13.2. The van der Waals surface area contributed by atoms with Gasteiger partial charge in [0, 0.05) is 0 Å². The van der Waals surface area contributed by atoms with Crippen LogP contribution in [0.1, 0.15) is 54.2 Å². The van der Waals surface area contributed by atoms with Crippen LogP contribution in [0.5, 0.6) is 0 Å². The van der Waals surface area contributed by atoms with Gasteiger partial charge in [-0.2, -0.15) is 18.3 Å². The summed E-state index contributed by atoms with van der Waals surface area (Å²) >= 11 is 0. The lowest BCUT2D eigenvalue weighted by molar-refractivity contribution is -0.146. The Labute approximate surface area is 120 Å². The summed E-state index contributed by atoms with van der Waals surface area (Å²) in [5, 5.41) is 12.7. The first-order valence-corrected chi connectivity index (χ1v) is 6.85. The standard InChI is InChI=1S/C14H17F3N2O2/c1-2-5-9-6-3-4-7-11(9)19-12(14(15,16)17)10(8-18-19)13(20)21/h2,8-9,11H,1,3-7H2,(H,20,21)/t9-,11+/m1/s1. The van der Waals surface area contributed by atoms with Gasteiger partial charge in [-0.1, -0.05) is 18.9 Å². The van der Waals surface area contributed by atoms with E-state index in [1.807, 2.05) is 0 Å². The first kappa shape index (κ1) is 15.6. The normalized spacial score (nSPS) is 23.0. The molecule has 7 heteroatoms. The van der Waals surface area contributed by atoms with E-state index >= 15 is 0 Å². The number of aromatic nitrogens is 2. The highest BCUT2D eigenvalue weighted by atomic mass is 19.4. The van der Waals surface area contributed by atoms with Crippen molar-refractivity contribution in [3.63, 3.8) is 0 Å². The molecule has 0 unspecified atom stereocenters. The van der Waals surface area contributed by atoms with Crippen molar-refractivity contribution in [3.05, 3.63) is 30.1 Å². The van der Waals surface area contributed by atoms with Gasteiger partial charge in [-0.25, -0.2) is 4.79 Å². The molecule has 21 heavy (non-hydrogen) atoms. The molecule has 1 saturated carbocycles. The van der Waals surface area contributed by atoms with Crippen LogP contribution in [-0.2, 0) is 6.18 Å². The zero-order chi connectivity index (χ0) is 15.6. The number of hydrogen-bond acceptors (Lipinski definition) is 2. The van der Waals surface area contributed by atoms with Crippen LogP contribution in [0.15, 0.2) is 18.9 Å². The van der Waals surface area contributed by atoms with Crippen LogP contribution in [0.4, 0.5) is 13.2 Å². The number of carbonyl (C=O) groups is 1. The van der Waals surface area contributed by atoms with E-state index in [-0.39, 0.29) is 5.92 Å². The van der Waals surface area contributed by atoms with E-state index in [1.54, 1.807) is 6.08 Å². The molecule has 1 aromatic heterocycles. The van der Waals surface area contributed by atoms with Crippen molar-refractivity contribution in [3.8, 4) is 0 Å². The summed E-state index contributed by atoms with van der Waals surface area (Å²) in [5.74, 6) is -1.59. The molecule has 116 valence electrons. The second-order valence-corrected chi connectivity index (χ2v) is 5.29. The number of aromatic carboxylic acids is 1. The average molecular weight is 302 g/mol. The van der Waals surface area contributed by atoms with Gasteiger partial charge in [0.15, 0.2) is 5.69 Å². The van der Waals surface area contributed by atoms with Crippen molar-refractivity contribution in [1.82, 2.24) is 9.78 Å². The fraction of sp³-hybridized carbons (Fsp3) is 0.571. The van der Waals surface area contributed by atoms with Crippen molar-refractivity contribution in [2.75, 3.05) is 0 Å². The highest BCUT2D eigenvalue weighted by Gasteiger charge is 2.43. The number of halogens is 3. The van der Waals surface area contributed by atoms with Gasteiger partial charge in [-0.15, -0.1) is 6.58 Å². The van der Waals surface area contributed by atoms with Gasteiger partial charge >= 0.3 is 12.1 Å². The Balaban J connectivity index is 2.47. The molecule has 0 aromatic carbocycles. The zero-order valence-electron chi connectivity index (χ0n) is 11.4. The molecule has 0 spiro atoms. The molecular formula is C14H17F3N2O2. The third-order valence-corrected chi connectivity index (χ3v) is 3.95.